The molecule has 0 bridgehead atoms. The summed E-state index contributed by atoms with van der Waals surface area (Å²) in [6.07, 6.45) is 0. The molecule has 0 saturated heterocycles. The lowest BCUT2D eigenvalue weighted by Gasteiger charge is -2.30. The van der Waals surface area contributed by atoms with Crippen molar-refractivity contribution in [3.05, 3.63) is 23.2 Å². The molecular formula is C15H22ClN3S. The Labute approximate surface area is 130 Å². The van der Waals surface area contributed by atoms with Gasteiger partial charge in [-0.2, -0.15) is 0 Å². The molecule has 3 nitrogen and oxygen atoms in total. The van der Waals surface area contributed by atoms with E-state index in [1.54, 1.807) is 11.3 Å². The van der Waals surface area contributed by atoms with E-state index >= 15 is 0 Å². The number of anilines is 1. The van der Waals surface area contributed by atoms with E-state index in [0.29, 0.717) is 12.1 Å². The Morgan fingerprint density at radius 3 is 2.55 bits per heavy atom. The standard InChI is InChI=1S/C15H22ClN3S/c1-10(2)19(11(3)4)9-8-17-15-18-13-7-5-6-12(16)14(13)20-15/h5-7,10-11H,8-9H2,1-4H3,(H,17,18). The van der Waals surface area contributed by atoms with E-state index in [9.17, 15) is 0 Å². The van der Waals surface area contributed by atoms with Gasteiger partial charge in [-0.25, -0.2) is 4.98 Å². The predicted molar refractivity (Wildman–Crippen MR) is 90.1 cm³/mol. The number of hydrogen-bond acceptors (Lipinski definition) is 4. The first-order valence-corrected chi connectivity index (χ1v) is 8.23. The maximum atomic E-state index is 6.17. The van der Waals surface area contributed by atoms with Gasteiger partial charge in [0.15, 0.2) is 5.13 Å². The van der Waals surface area contributed by atoms with E-state index in [1.165, 1.54) is 0 Å². The molecule has 0 spiro atoms. The quantitative estimate of drug-likeness (QED) is 0.852. The minimum absolute atomic E-state index is 0.557. The van der Waals surface area contributed by atoms with Crippen molar-refractivity contribution < 1.29 is 0 Å². The summed E-state index contributed by atoms with van der Waals surface area (Å²) < 4.78 is 1.06. The van der Waals surface area contributed by atoms with E-state index in [2.05, 4.69) is 42.9 Å². The summed E-state index contributed by atoms with van der Waals surface area (Å²) in [4.78, 5) is 7.03. The SMILES string of the molecule is CC(C)N(CCNc1nc2cccc(Cl)c2s1)C(C)C. The summed E-state index contributed by atoms with van der Waals surface area (Å²) in [6, 6.07) is 6.96. The smallest absolute Gasteiger partial charge is 0.183 e. The second-order valence-electron chi connectivity index (χ2n) is 5.46. The van der Waals surface area contributed by atoms with Crippen molar-refractivity contribution >= 4 is 38.3 Å². The maximum absolute atomic E-state index is 6.17. The highest BCUT2D eigenvalue weighted by Crippen LogP contribution is 2.31. The summed E-state index contributed by atoms with van der Waals surface area (Å²) in [5.74, 6) is 0. The van der Waals surface area contributed by atoms with Gasteiger partial charge in [0.2, 0.25) is 0 Å². The summed E-state index contributed by atoms with van der Waals surface area (Å²) in [6.45, 7) is 10.8. The van der Waals surface area contributed by atoms with Gasteiger partial charge < -0.3 is 5.32 Å². The maximum Gasteiger partial charge on any atom is 0.183 e. The molecule has 1 aromatic carbocycles. The van der Waals surface area contributed by atoms with Crippen molar-refractivity contribution in [1.29, 1.82) is 0 Å². The molecule has 0 aliphatic carbocycles. The van der Waals surface area contributed by atoms with E-state index < -0.39 is 0 Å². The summed E-state index contributed by atoms with van der Waals surface area (Å²) in [5.41, 5.74) is 0.967. The van der Waals surface area contributed by atoms with E-state index in [1.807, 2.05) is 18.2 Å². The fourth-order valence-corrected chi connectivity index (χ4v) is 3.58. The molecule has 0 amide bonds. The molecule has 0 aliphatic rings. The third-order valence-corrected chi connectivity index (χ3v) is 4.83. The third kappa shape index (κ3) is 3.62. The number of halogens is 1. The normalized spacial score (nSPS) is 12.0. The predicted octanol–water partition coefficient (Wildman–Crippen LogP) is 4.48. The first-order chi connectivity index (χ1) is 9.49. The molecule has 1 heterocycles. The first-order valence-electron chi connectivity index (χ1n) is 7.03. The number of benzene rings is 1. The number of aromatic nitrogens is 1. The number of nitrogens with one attached hydrogen (secondary N) is 1. The molecule has 0 aliphatic heterocycles. The summed E-state index contributed by atoms with van der Waals surface area (Å²) >= 11 is 7.79. The van der Waals surface area contributed by atoms with Gasteiger partial charge in [0, 0.05) is 25.2 Å². The Morgan fingerprint density at radius 1 is 1.25 bits per heavy atom. The zero-order chi connectivity index (χ0) is 14.7. The van der Waals surface area contributed by atoms with Crippen LogP contribution in [0.3, 0.4) is 0 Å². The summed E-state index contributed by atoms with van der Waals surface area (Å²) in [7, 11) is 0. The molecule has 20 heavy (non-hydrogen) atoms. The van der Waals surface area contributed by atoms with Crippen LogP contribution in [-0.2, 0) is 0 Å². The first kappa shape index (κ1) is 15.5. The second kappa shape index (κ2) is 6.74. The average molecular weight is 312 g/mol. The van der Waals surface area contributed by atoms with Crippen LogP contribution >= 0.6 is 22.9 Å². The van der Waals surface area contributed by atoms with Crippen molar-refractivity contribution in [3.63, 3.8) is 0 Å². The van der Waals surface area contributed by atoms with Crippen LogP contribution in [0, 0.1) is 0 Å². The molecule has 1 aromatic heterocycles. The van der Waals surface area contributed by atoms with Crippen molar-refractivity contribution in [3.8, 4) is 0 Å². The molecule has 1 N–H and O–H groups in total. The Kier molecular flexibility index (Phi) is 5.24. The van der Waals surface area contributed by atoms with Gasteiger partial charge >= 0.3 is 0 Å². The molecule has 0 saturated carbocycles. The highest BCUT2D eigenvalue weighted by Gasteiger charge is 2.13. The number of thiazole rings is 1. The monoisotopic (exact) mass is 311 g/mol. The second-order valence-corrected chi connectivity index (χ2v) is 6.87. The zero-order valence-electron chi connectivity index (χ0n) is 12.5. The Bertz CT molecular complexity index is 557. The lowest BCUT2D eigenvalue weighted by Crippen LogP contribution is -2.40. The topological polar surface area (TPSA) is 28.2 Å². The minimum Gasteiger partial charge on any atom is -0.360 e. The van der Waals surface area contributed by atoms with Gasteiger partial charge in [-0.05, 0) is 39.8 Å². The zero-order valence-corrected chi connectivity index (χ0v) is 14.1. The molecule has 0 unspecified atom stereocenters. The van der Waals surface area contributed by atoms with Gasteiger partial charge in [0.05, 0.1) is 15.2 Å². The minimum atomic E-state index is 0.557. The Morgan fingerprint density at radius 2 is 1.95 bits per heavy atom. The van der Waals surface area contributed by atoms with Gasteiger partial charge in [-0.15, -0.1) is 0 Å². The Hall–Kier alpha value is -0.840. The molecule has 0 fully saturated rings. The molecular weight excluding hydrogens is 290 g/mol. The third-order valence-electron chi connectivity index (χ3n) is 3.34. The number of fused-ring (bicyclic) bond motifs is 1. The molecule has 5 heteroatoms. The highest BCUT2D eigenvalue weighted by atomic mass is 35.5. The summed E-state index contributed by atoms with van der Waals surface area (Å²) in [5, 5.41) is 5.13. The van der Waals surface area contributed by atoms with Crippen LogP contribution < -0.4 is 5.32 Å². The van der Waals surface area contributed by atoms with E-state index in [4.69, 9.17) is 11.6 Å². The van der Waals surface area contributed by atoms with Gasteiger partial charge in [0.1, 0.15) is 0 Å². The van der Waals surface area contributed by atoms with Gasteiger partial charge in [-0.1, -0.05) is 29.0 Å². The largest absolute Gasteiger partial charge is 0.360 e. The van der Waals surface area contributed by atoms with Crippen LogP contribution in [0.15, 0.2) is 18.2 Å². The lowest BCUT2D eigenvalue weighted by atomic mass is 10.2. The fourth-order valence-electron chi connectivity index (χ4n) is 2.40. The average Bonchev–Trinajstić information content (AvgIpc) is 2.78. The van der Waals surface area contributed by atoms with Crippen molar-refractivity contribution in [1.82, 2.24) is 9.88 Å². The number of hydrogen-bond donors (Lipinski definition) is 1. The van der Waals surface area contributed by atoms with Crippen molar-refractivity contribution in [2.45, 2.75) is 39.8 Å². The molecule has 2 rings (SSSR count). The Balaban J connectivity index is 1.97. The molecule has 0 atom stereocenters. The molecule has 0 radical (unpaired) electrons. The highest BCUT2D eigenvalue weighted by molar-refractivity contribution is 7.22. The van der Waals surface area contributed by atoms with Crippen LogP contribution in [0.1, 0.15) is 27.7 Å². The van der Waals surface area contributed by atoms with Crippen molar-refractivity contribution in [2.24, 2.45) is 0 Å². The fraction of sp³-hybridized carbons (Fsp3) is 0.533. The molecule has 2 aromatic rings. The van der Waals surface area contributed by atoms with Crippen LogP contribution in [-0.4, -0.2) is 35.1 Å². The van der Waals surface area contributed by atoms with Crippen LogP contribution in [0.2, 0.25) is 5.02 Å². The van der Waals surface area contributed by atoms with Crippen LogP contribution in [0.4, 0.5) is 5.13 Å². The molecule has 110 valence electrons. The van der Waals surface area contributed by atoms with Gasteiger partial charge in [-0.3, -0.25) is 4.90 Å². The number of nitrogens with zero attached hydrogens (tertiary/aromatic N) is 2. The lowest BCUT2D eigenvalue weighted by molar-refractivity contribution is 0.182. The van der Waals surface area contributed by atoms with E-state index in [0.717, 1.165) is 33.5 Å². The van der Waals surface area contributed by atoms with Gasteiger partial charge in [0.25, 0.3) is 0 Å². The van der Waals surface area contributed by atoms with Crippen LogP contribution in [0.5, 0.6) is 0 Å². The van der Waals surface area contributed by atoms with Crippen LogP contribution in [0.25, 0.3) is 10.2 Å². The van der Waals surface area contributed by atoms with Crippen molar-refractivity contribution in [2.75, 3.05) is 18.4 Å². The number of rotatable bonds is 6. The van der Waals surface area contributed by atoms with E-state index in [-0.39, 0.29) is 0 Å².